The lowest BCUT2D eigenvalue weighted by molar-refractivity contribution is -0.142. The Balaban J connectivity index is 1.12. The number of fused-ring (bicyclic) bond motifs is 1. The van der Waals surface area contributed by atoms with E-state index in [0.717, 1.165) is 40.6 Å². The van der Waals surface area contributed by atoms with E-state index in [0.29, 0.717) is 31.7 Å². The van der Waals surface area contributed by atoms with Crippen LogP contribution in [-0.2, 0) is 28.7 Å². The number of thiazole rings is 1. The minimum atomic E-state index is -4.54. The van der Waals surface area contributed by atoms with E-state index in [1.807, 2.05) is 18.2 Å². The van der Waals surface area contributed by atoms with Gasteiger partial charge in [-0.2, -0.15) is 18.3 Å². The summed E-state index contributed by atoms with van der Waals surface area (Å²) in [6.07, 6.45) is -1.27. The van der Waals surface area contributed by atoms with Crippen LogP contribution in [0, 0.1) is 6.92 Å². The molecule has 0 spiro atoms. The Kier molecular flexibility index (Phi) is 7.42. The van der Waals surface area contributed by atoms with Crippen LogP contribution in [0.2, 0.25) is 0 Å². The van der Waals surface area contributed by atoms with Crippen LogP contribution in [0.25, 0.3) is 0 Å². The summed E-state index contributed by atoms with van der Waals surface area (Å²) in [5.41, 5.74) is 1.55. The predicted octanol–water partition coefficient (Wildman–Crippen LogP) is 5.70. The normalized spacial score (nSPS) is 18.2. The topological polar surface area (TPSA) is 89.4 Å². The SMILES string of the molecule is Cc1cc(C(F)(F)F)nn1CC(=O)N1CCC(c2nc(NC(=O)OC3CCCc4ccccc43)cs2)CC1. The fraction of sp³-hybridized carbons (Fsp3) is 0.462. The molecule has 0 saturated carbocycles. The Hall–Kier alpha value is -3.41. The molecule has 1 N–H and O–H groups in total. The molecule has 0 bridgehead atoms. The number of ether oxygens (including phenoxy) is 1. The number of halogens is 3. The molecule has 1 saturated heterocycles. The third-order valence-electron chi connectivity index (χ3n) is 7.07. The van der Waals surface area contributed by atoms with Gasteiger partial charge in [-0.1, -0.05) is 24.3 Å². The van der Waals surface area contributed by atoms with Crippen LogP contribution >= 0.6 is 11.3 Å². The Morgan fingerprint density at radius 2 is 1.95 bits per heavy atom. The van der Waals surface area contributed by atoms with E-state index in [2.05, 4.69) is 21.5 Å². The predicted molar refractivity (Wildman–Crippen MR) is 135 cm³/mol. The number of hydrogen-bond donors (Lipinski definition) is 1. The van der Waals surface area contributed by atoms with Crippen molar-refractivity contribution in [1.82, 2.24) is 19.7 Å². The standard InChI is InChI=1S/C26H28F3N5O3S/c1-16-13-21(26(27,28)29)32-34(16)14-23(35)33-11-9-18(10-12-33)24-30-22(15-38-24)31-25(36)37-20-8-4-6-17-5-2-3-7-19(17)20/h2-3,5,7,13,15,18,20H,4,6,8-12,14H2,1H3,(H,31,36). The van der Waals surface area contributed by atoms with Crippen molar-refractivity contribution < 1.29 is 27.5 Å². The zero-order chi connectivity index (χ0) is 26.9. The fourth-order valence-corrected chi connectivity index (χ4v) is 5.96. The molecule has 12 heteroatoms. The van der Waals surface area contributed by atoms with Crippen LogP contribution in [0.3, 0.4) is 0 Å². The van der Waals surface area contributed by atoms with E-state index >= 15 is 0 Å². The number of alkyl halides is 3. The fourth-order valence-electron chi connectivity index (χ4n) is 5.04. The smallest absolute Gasteiger partial charge is 0.435 e. The van der Waals surface area contributed by atoms with E-state index < -0.39 is 18.0 Å². The van der Waals surface area contributed by atoms with Gasteiger partial charge in [0.2, 0.25) is 5.91 Å². The first-order valence-electron chi connectivity index (χ1n) is 12.6. The molecule has 0 radical (unpaired) electrons. The molecule has 2 amide bonds. The molecule has 5 rings (SSSR count). The van der Waals surface area contributed by atoms with Crippen molar-refractivity contribution in [3.63, 3.8) is 0 Å². The van der Waals surface area contributed by atoms with Gasteiger partial charge < -0.3 is 9.64 Å². The Bertz CT molecular complexity index is 1310. The molecule has 1 unspecified atom stereocenters. The van der Waals surface area contributed by atoms with Crippen LogP contribution in [-0.4, -0.2) is 44.8 Å². The lowest BCUT2D eigenvalue weighted by atomic mass is 9.89. The highest BCUT2D eigenvalue weighted by molar-refractivity contribution is 7.10. The summed E-state index contributed by atoms with van der Waals surface area (Å²) in [5, 5.41) is 8.93. The molecule has 1 atom stereocenters. The maximum Gasteiger partial charge on any atom is 0.435 e. The molecule has 1 aromatic carbocycles. The minimum absolute atomic E-state index is 0.129. The first kappa shape index (κ1) is 26.2. The number of anilines is 1. The number of aryl methyl sites for hydroxylation is 2. The van der Waals surface area contributed by atoms with E-state index in [1.54, 1.807) is 10.3 Å². The average molecular weight is 548 g/mol. The van der Waals surface area contributed by atoms with Gasteiger partial charge in [0.1, 0.15) is 18.5 Å². The number of nitrogens with zero attached hydrogens (tertiary/aromatic N) is 4. The maximum atomic E-state index is 12.9. The molecule has 3 aromatic rings. The number of piperidine rings is 1. The van der Waals surface area contributed by atoms with Gasteiger partial charge in [0.15, 0.2) is 5.69 Å². The number of likely N-dealkylation sites (tertiary alicyclic amines) is 1. The van der Waals surface area contributed by atoms with Gasteiger partial charge >= 0.3 is 12.3 Å². The first-order valence-corrected chi connectivity index (χ1v) is 13.5. The molecule has 1 fully saturated rings. The highest BCUT2D eigenvalue weighted by Crippen LogP contribution is 2.34. The Labute approximate surface area is 221 Å². The molecule has 3 heterocycles. The number of carbonyl (C=O) groups is 2. The molecule has 2 aliphatic rings. The van der Waals surface area contributed by atoms with Crippen LogP contribution in [0.1, 0.15) is 65.2 Å². The lowest BCUT2D eigenvalue weighted by Crippen LogP contribution is -2.40. The summed E-state index contributed by atoms with van der Waals surface area (Å²) in [4.78, 5) is 31.5. The van der Waals surface area contributed by atoms with Crippen LogP contribution in [0.4, 0.5) is 23.8 Å². The van der Waals surface area contributed by atoms with Crippen molar-refractivity contribution >= 4 is 29.2 Å². The third kappa shape index (κ3) is 5.85. The second-order valence-electron chi connectivity index (χ2n) is 9.66. The largest absolute Gasteiger partial charge is 0.441 e. The second kappa shape index (κ2) is 10.8. The van der Waals surface area contributed by atoms with Crippen molar-refractivity contribution in [2.75, 3.05) is 18.4 Å². The lowest BCUT2D eigenvalue weighted by Gasteiger charge is -2.31. The molecule has 202 valence electrons. The van der Waals surface area contributed by atoms with Gasteiger partial charge in [0, 0.05) is 30.1 Å². The summed E-state index contributed by atoms with van der Waals surface area (Å²) in [6, 6.07) is 8.95. The third-order valence-corrected chi connectivity index (χ3v) is 8.08. The molecule has 8 nitrogen and oxygen atoms in total. The van der Waals surface area contributed by atoms with Gasteiger partial charge in [-0.15, -0.1) is 11.3 Å². The Morgan fingerprint density at radius 3 is 2.68 bits per heavy atom. The molecule has 1 aliphatic carbocycles. The molecule has 2 aromatic heterocycles. The summed E-state index contributed by atoms with van der Waals surface area (Å²) in [5.74, 6) is 0.299. The average Bonchev–Trinajstić information content (AvgIpc) is 3.51. The number of carbonyl (C=O) groups excluding carboxylic acids is 2. The first-order chi connectivity index (χ1) is 18.2. The number of amides is 2. The van der Waals surface area contributed by atoms with Crippen LogP contribution in [0.5, 0.6) is 0 Å². The highest BCUT2D eigenvalue weighted by atomic mass is 32.1. The van der Waals surface area contributed by atoms with Gasteiger partial charge in [-0.05, 0) is 56.2 Å². The van der Waals surface area contributed by atoms with Crippen molar-refractivity contribution in [2.45, 2.75) is 63.8 Å². The number of benzene rings is 1. The van der Waals surface area contributed by atoms with E-state index in [1.165, 1.54) is 23.8 Å². The Morgan fingerprint density at radius 1 is 1.18 bits per heavy atom. The van der Waals surface area contributed by atoms with E-state index in [-0.39, 0.29) is 30.2 Å². The summed E-state index contributed by atoms with van der Waals surface area (Å²) in [7, 11) is 0. The van der Waals surface area contributed by atoms with E-state index in [9.17, 15) is 22.8 Å². The number of nitrogens with one attached hydrogen (secondary N) is 1. The molecular weight excluding hydrogens is 519 g/mol. The van der Waals surface area contributed by atoms with Crippen molar-refractivity contribution in [1.29, 1.82) is 0 Å². The van der Waals surface area contributed by atoms with Crippen LogP contribution < -0.4 is 5.32 Å². The quantitative estimate of drug-likeness (QED) is 0.443. The minimum Gasteiger partial charge on any atom is -0.441 e. The van der Waals surface area contributed by atoms with E-state index in [4.69, 9.17) is 4.74 Å². The van der Waals surface area contributed by atoms with Crippen molar-refractivity contribution in [3.05, 3.63) is 63.2 Å². The summed E-state index contributed by atoms with van der Waals surface area (Å²) < 4.78 is 45.5. The van der Waals surface area contributed by atoms with Crippen molar-refractivity contribution in [2.24, 2.45) is 0 Å². The second-order valence-corrected chi connectivity index (χ2v) is 10.6. The monoisotopic (exact) mass is 547 g/mol. The zero-order valence-corrected chi connectivity index (χ0v) is 21.6. The van der Waals surface area contributed by atoms with Crippen molar-refractivity contribution in [3.8, 4) is 0 Å². The van der Waals surface area contributed by atoms with Crippen LogP contribution in [0.15, 0.2) is 35.7 Å². The van der Waals surface area contributed by atoms with Gasteiger partial charge in [0.05, 0.1) is 5.01 Å². The molecule has 38 heavy (non-hydrogen) atoms. The molecule has 1 aliphatic heterocycles. The molecular formula is C26H28F3N5O3S. The zero-order valence-electron chi connectivity index (χ0n) is 20.8. The summed E-state index contributed by atoms with van der Waals surface area (Å²) >= 11 is 1.45. The maximum absolute atomic E-state index is 12.9. The van der Waals surface area contributed by atoms with Gasteiger partial charge in [-0.3, -0.25) is 14.8 Å². The number of aromatic nitrogens is 3. The number of rotatable bonds is 5. The van der Waals surface area contributed by atoms with Gasteiger partial charge in [0.25, 0.3) is 0 Å². The highest BCUT2D eigenvalue weighted by Gasteiger charge is 2.35. The summed E-state index contributed by atoms with van der Waals surface area (Å²) in [6.45, 7) is 2.22. The number of hydrogen-bond acceptors (Lipinski definition) is 6. The van der Waals surface area contributed by atoms with Gasteiger partial charge in [-0.25, -0.2) is 9.78 Å².